The molecule has 144 valence electrons. The van der Waals surface area contributed by atoms with Gasteiger partial charge in [-0.1, -0.05) is 0 Å². The van der Waals surface area contributed by atoms with Crippen molar-refractivity contribution in [2.45, 2.75) is 69.4 Å². The van der Waals surface area contributed by atoms with Gasteiger partial charge in [0.15, 0.2) is 5.82 Å². The molecular weight excluding hydrogens is 338 g/mol. The molecular formula is C20H29N7. The predicted octanol–water partition coefficient (Wildman–Crippen LogP) is 3.31. The summed E-state index contributed by atoms with van der Waals surface area (Å²) in [5.41, 5.74) is 7.99. The third kappa shape index (κ3) is 3.40. The van der Waals surface area contributed by atoms with E-state index in [1.54, 1.807) is 0 Å². The molecule has 0 unspecified atom stereocenters. The lowest BCUT2D eigenvalue weighted by molar-refractivity contribution is 0.233. The summed E-state index contributed by atoms with van der Waals surface area (Å²) in [4.78, 5) is 11.4. The van der Waals surface area contributed by atoms with Gasteiger partial charge in [-0.15, -0.1) is 0 Å². The van der Waals surface area contributed by atoms with Crippen LogP contribution in [0.2, 0.25) is 0 Å². The number of hydrogen-bond donors (Lipinski definition) is 3. The molecule has 0 saturated heterocycles. The molecule has 3 aliphatic carbocycles. The highest BCUT2D eigenvalue weighted by Gasteiger charge is 2.53. The molecule has 5 rings (SSSR count). The van der Waals surface area contributed by atoms with Crippen LogP contribution in [0.25, 0.3) is 0 Å². The van der Waals surface area contributed by atoms with Crippen LogP contribution in [0.3, 0.4) is 0 Å². The van der Waals surface area contributed by atoms with Gasteiger partial charge in [0, 0.05) is 43.0 Å². The van der Waals surface area contributed by atoms with Crippen LogP contribution in [0.4, 0.5) is 17.6 Å². The van der Waals surface area contributed by atoms with Crippen molar-refractivity contribution >= 4 is 17.6 Å². The van der Waals surface area contributed by atoms with Crippen LogP contribution in [0.15, 0.2) is 18.3 Å². The Labute approximate surface area is 160 Å². The Hall–Kier alpha value is -2.15. The molecule has 3 fully saturated rings. The molecule has 7 heteroatoms. The first-order valence-electron chi connectivity index (χ1n) is 10.2. The average molecular weight is 368 g/mol. The van der Waals surface area contributed by atoms with E-state index in [0.717, 1.165) is 43.3 Å². The van der Waals surface area contributed by atoms with Crippen molar-refractivity contribution in [1.29, 1.82) is 0 Å². The molecule has 2 aromatic heterocycles. The largest absolute Gasteiger partial charge is 0.341 e. The Balaban J connectivity index is 1.23. The number of aromatic nitrogens is 4. The van der Waals surface area contributed by atoms with E-state index in [1.165, 1.54) is 31.4 Å². The Bertz CT molecular complexity index is 796. The van der Waals surface area contributed by atoms with E-state index in [4.69, 9.17) is 10.7 Å². The molecule has 0 aliphatic heterocycles. The van der Waals surface area contributed by atoms with Crippen molar-refractivity contribution < 1.29 is 0 Å². The number of nitrogens with zero attached hydrogens (tertiary/aromatic N) is 4. The lowest BCUT2D eigenvalue weighted by Gasteiger charge is -2.34. The fourth-order valence-corrected chi connectivity index (χ4v) is 4.77. The van der Waals surface area contributed by atoms with Gasteiger partial charge in [-0.3, -0.25) is 5.10 Å². The molecule has 0 atom stereocenters. The summed E-state index contributed by atoms with van der Waals surface area (Å²) in [5.74, 6) is 3.02. The van der Waals surface area contributed by atoms with Crippen LogP contribution in [-0.2, 0) is 0 Å². The molecule has 2 aromatic rings. The summed E-state index contributed by atoms with van der Waals surface area (Å²) in [7, 11) is 2.08. The number of rotatable bonds is 5. The van der Waals surface area contributed by atoms with Gasteiger partial charge < -0.3 is 16.0 Å². The highest BCUT2D eigenvalue weighted by molar-refractivity contribution is 5.53. The van der Waals surface area contributed by atoms with E-state index in [0.29, 0.717) is 23.4 Å². The second-order valence-corrected chi connectivity index (χ2v) is 8.86. The van der Waals surface area contributed by atoms with Crippen LogP contribution in [-0.4, -0.2) is 39.3 Å². The van der Waals surface area contributed by atoms with Crippen LogP contribution in [0.1, 0.15) is 63.0 Å². The fraction of sp³-hybridized carbons (Fsp3) is 0.650. The van der Waals surface area contributed by atoms with Crippen molar-refractivity contribution in [3.05, 3.63) is 24.0 Å². The maximum absolute atomic E-state index is 6.03. The van der Waals surface area contributed by atoms with Crippen LogP contribution >= 0.6 is 0 Å². The lowest BCUT2D eigenvalue weighted by Crippen LogP contribution is -2.39. The number of nitrogens with one attached hydrogen (secondary N) is 2. The molecule has 3 saturated carbocycles. The van der Waals surface area contributed by atoms with Gasteiger partial charge in [-0.2, -0.15) is 10.1 Å². The maximum atomic E-state index is 6.03. The minimum absolute atomic E-state index is 0.350. The highest BCUT2D eigenvalue weighted by Crippen LogP contribution is 2.66. The number of aromatic amines is 1. The lowest BCUT2D eigenvalue weighted by atomic mass is 9.70. The predicted molar refractivity (Wildman–Crippen MR) is 106 cm³/mol. The zero-order chi connectivity index (χ0) is 18.4. The number of hydrogen-bond acceptors (Lipinski definition) is 6. The van der Waals surface area contributed by atoms with E-state index < -0.39 is 0 Å². The number of H-pyrrole nitrogens is 1. The zero-order valence-electron chi connectivity index (χ0n) is 16.0. The fourth-order valence-electron chi connectivity index (χ4n) is 4.77. The van der Waals surface area contributed by atoms with Crippen molar-refractivity contribution in [2.75, 3.05) is 17.3 Å². The van der Waals surface area contributed by atoms with Gasteiger partial charge in [0.2, 0.25) is 5.95 Å². The second kappa shape index (κ2) is 6.48. The Morgan fingerprint density at radius 3 is 2.70 bits per heavy atom. The second-order valence-electron chi connectivity index (χ2n) is 8.86. The van der Waals surface area contributed by atoms with Crippen molar-refractivity contribution in [2.24, 2.45) is 11.1 Å². The highest BCUT2D eigenvalue weighted by atomic mass is 15.3. The molecule has 27 heavy (non-hydrogen) atoms. The van der Waals surface area contributed by atoms with Gasteiger partial charge in [0.25, 0.3) is 0 Å². The van der Waals surface area contributed by atoms with Gasteiger partial charge in [-0.25, -0.2) is 4.98 Å². The minimum Gasteiger partial charge on any atom is -0.341 e. The van der Waals surface area contributed by atoms with Gasteiger partial charge in [0.1, 0.15) is 5.82 Å². The summed E-state index contributed by atoms with van der Waals surface area (Å²) in [6.45, 7) is 0. The monoisotopic (exact) mass is 367 g/mol. The number of anilines is 3. The van der Waals surface area contributed by atoms with E-state index in [-0.39, 0.29) is 0 Å². The van der Waals surface area contributed by atoms with E-state index >= 15 is 0 Å². The maximum Gasteiger partial charge on any atom is 0.227 e. The van der Waals surface area contributed by atoms with E-state index in [2.05, 4.69) is 38.5 Å². The Morgan fingerprint density at radius 1 is 1.19 bits per heavy atom. The van der Waals surface area contributed by atoms with Crippen LogP contribution < -0.4 is 16.0 Å². The molecule has 0 bridgehead atoms. The SMILES string of the molecule is CN(c1nccc(Nc2cc(C3CC4(CC4)C3)[nH]n2)n1)[C@H]1CC[C@H](N)CC1. The van der Waals surface area contributed by atoms with Gasteiger partial charge in [0.05, 0.1) is 0 Å². The minimum atomic E-state index is 0.350. The molecule has 0 radical (unpaired) electrons. The average Bonchev–Trinajstić information content (AvgIpc) is 3.34. The quantitative estimate of drug-likeness (QED) is 0.750. The third-order valence-electron chi connectivity index (χ3n) is 6.86. The molecule has 0 aromatic carbocycles. The summed E-state index contributed by atoms with van der Waals surface area (Å²) >= 11 is 0. The molecule has 3 aliphatic rings. The summed E-state index contributed by atoms with van der Waals surface area (Å²) < 4.78 is 0. The molecule has 2 heterocycles. The first-order valence-corrected chi connectivity index (χ1v) is 10.2. The molecule has 1 spiro atoms. The third-order valence-corrected chi connectivity index (χ3v) is 6.86. The smallest absolute Gasteiger partial charge is 0.227 e. The van der Waals surface area contributed by atoms with Crippen LogP contribution in [0, 0.1) is 5.41 Å². The summed E-state index contributed by atoms with van der Waals surface area (Å²) in [5, 5.41) is 11.0. The number of nitrogens with two attached hydrogens (primary N) is 1. The topological polar surface area (TPSA) is 95.8 Å². The Morgan fingerprint density at radius 2 is 1.96 bits per heavy atom. The Kier molecular flexibility index (Phi) is 4.07. The van der Waals surface area contributed by atoms with E-state index in [9.17, 15) is 0 Å². The molecule has 0 amide bonds. The van der Waals surface area contributed by atoms with Crippen molar-refractivity contribution in [3.63, 3.8) is 0 Å². The first-order chi connectivity index (χ1) is 13.1. The summed E-state index contributed by atoms with van der Waals surface area (Å²) in [6, 6.07) is 4.84. The van der Waals surface area contributed by atoms with Crippen LogP contribution in [0.5, 0.6) is 0 Å². The standard InChI is InChI=1S/C20H29N7/c1-27(15-4-2-14(21)3-5-15)19-22-9-6-17(24-19)23-18-10-16(25-26-18)13-11-20(12-13)7-8-20/h6,9-10,13-15H,2-5,7-8,11-12,21H2,1H3,(H2,22,23,24,25,26)/t14-,15-. The zero-order valence-corrected chi connectivity index (χ0v) is 16.0. The molecule has 7 nitrogen and oxygen atoms in total. The van der Waals surface area contributed by atoms with E-state index in [1.807, 2.05) is 12.3 Å². The normalized spacial score (nSPS) is 26.6. The summed E-state index contributed by atoms with van der Waals surface area (Å²) in [6.07, 6.45) is 11.7. The van der Waals surface area contributed by atoms with Gasteiger partial charge in [-0.05, 0) is 62.8 Å². The first kappa shape index (κ1) is 17.0. The van der Waals surface area contributed by atoms with Gasteiger partial charge >= 0.3 is 0 Å². The molecule has 4 N–H and O–H groups in total. The van der Waals surface area contributed by atoms with Crippen molar-refractivity contribution in [3.8, 4) is 0 Å². The van der Waals surface area contributed by atoms with Crippen molar-refractivity contribution in [1.82, 2.24) is 20.2 Å².